The van der Waals surface area contributed by atoms with E-state index < -0.39 is 0 Å². The highest BCUT2D eigenvalue weighted by Gasteiger charge is 2.06. The molecule has 0 bridgehead atoms. The number of fused-ring (bicyclic) bond motifs is 1. The van der Waals surface area contributed by atoms with E-state index in [0.717, 1.165) is 17.9 Å². The third kappa shape index (κ3) is 2.30. The SMILES string of the molecule is CCOCC(C)Nc1nccn2nccc12. The fraction of sp³-hybridized carbons (Fsp3) is 0.455. The fourth-order valence-electron chi connectivity index (χ4n) is 1.54. The molecule has 2 aromatic rings. The van der Waals surface area contributed by atoms with Crippen LogP contribution in [0.25, 0.3) is 5.52 Å². The topological polar surface area (TPSA) is 51.5 Å². The molecule has 2 rings (SSSR count). The van der Waals surface area contributed by atoms with Crippen LogP contribution in [0.1, 0.15) is 13.8 Å². The van der Waals surface area contributed by atoms with Gasteiger partial charge < -0.3 is 10.1 Å². The van der Waals surface area contributed by atoms with Gasteiger partial charge in [-0.25, -0.2) is 9.50 Å². The number of nitrogens with one attached hydrogen (secondary N) is 1. The maximum absolute atomic E-state index is 5.35. The smallest absolute Gasteiger partial charge is 0.152 e. The van der Waals surface area contributed by atoms with Crippen LogP contribution in [0.5, 0.6) is 0 Å². The molecule has 1 N–H and O–H groups in total. The van der Waals surface area contributed by atoms with Crippen molar-refractivity contribution in [2.75, 3.05) is 18.5 Å². The summed E-state index contributed by atoms with van der Waals surface area (Å²) in [7, 11) is 0. The maximum Gasteiger partial charge on any atom is 0.152 e. The van der Waals surface area contributed by atoms with E-state index in [0.29, 0.717) is 6.61 Å². The lowest BCUT2D eigenvalue weighted by molar-refractivity contribution is 0.141. The molecule has 0 radical (unpaired) electrons. The van der Waals surface area contributed by atoms with Crippen LogP contribution in [0.3, 0.4) is 0 Å². The van der Waals surface area contributed by atoms with Gasteiger partial charge in [0.15, 0.2) is 5.82 Å². The summed E-state index contributed by atoms with van der Waals surface area (Å²) in [6, 6.07) is 2.16. The fourth-order valence-corrected chi connectivity index (χ4v) is 1.54. The lowest BCUT2D eigenvalue weighted by atomic mass is 10.3. The van der Waals surface area contributed by atoms with Gasteiger partial charge in [0.1, 0.15) is 5.52 Å². The normalized spacial score (nSPS) is 12.9. The molecule has 2 aromatic heterocycles. The molecule has 0 saturated carbocycles. The molecule has 1 unspecified atom stereocenters. The van der Waals surface area contributed by atoms with E-state index in [9.17, 15) is 0 Å². The molecule has 0 amide bonds. The van der Waals surface area contributed by atoms with Crippen LogP contribution in [-0.2, 0) is 4.74 Å². The third-order valence-electron chi connectivity index (χ3n) is 2.28. The molecular weight excluding hydrogens is 204 g/mol. The zero-order chi connectivity index (χ0) is 11.4. The first kappa shape index (κ1) is 10.9. The molecule has 0 aromatic carbocycles. The lowest BCUT2D eigenvalue weighted by Crippen LogP contribution is -2.22. The van der Waals surface area contributed by atoms with Crippen LogP contribution in [0, 0.1) is 0 Å². The molecule has 16 heavy (non-hydrogen) atoms. The van der Waals surface area contributed by atoms with Crippen LogP contribution >= 0.6 is 0 Å². The van der Waals surface area contributed by atoms with Crippen molar-refractivity contribution in [3.8, 4) is 0 Å². The first-order chi connectivity index (χ1) is 7.81. The van der Waals surface area contributed by atoms with E-state index in [1.807, 2.05) is 19.2 Å². The average molecular weight is 220 g/mol. The largest absolute Gasteiger partial charge is 0.380 e. The number of rotatable bonds is 5. The number of anilines is 1. The molecule has 2 heterocycles. The Morgan fingerprint density at radius 2 is 2.38 bits per heavy atom. The molecule has 5 nitrogen and oxygen atoms in total. The number of hydrogen-bond acceptors (Lipinski definition) is 4. The lowest BCUT2D eigenvalue weighted by Gasteiger charge is -2.14. The first-order valence-corrected chi connectivity index (χ1v) is 5.44. The van der Waals surface area contributed by atoms with Crippen molar-refractivity contribution < 1.29 is 4.74 Å². The minimum absolute atomic E-state index is 0.230. The molecule has 0 aliphatic carbocycles. The highest BCUT2D eigenvalue weighted by atomic mass is 16.5. The zero-order valence-electron chi connectivity index (χ0n) is 9.55. The minimum Gasteiger partial charge on any atom is -0.380 e. The molecule has 0 fully saturated rings. The first-order valence-electron chi connectivity index (χ1n) is 5.44. The molecule has 86 valence electrons. The van der Waals surface area contributed by atoms with E-state index in [1.54, 1.807) is 16.9 Å². The van der Waals surface area contributed by atoms with Gasteiger partial charge in [0, 0.05) is 25.0 Å². The van der Waals surface area contributed by atoms with Crippen molar-refractivity contribution in [1.82, 2.24) is 14.6 Å². The van der Waals surface area contributed by atoms with Gasteiger partial charge in [0.2, 0.25) is 0 Å². The summed E-state index contributed by atoms with van der Waals surface area (Å²) in [6.45, 7) is 5.46. The Labute approximate surface area is 94.4 Å². The van der Waals surface area contributed by atoms with Crippen molar-refractivity contribution in [2.45, 2.75) is 19.9 Å². The Morgan fingerprint density at radius 3 is 3.19 bits per heavy atom. The van der Waals surface area contributed by atoms with Crippen LogP contribution in [-0.4, -0.2) is 33.9 Å². The Kier molecular flexibility index (Phi) is 3.36. The van der Waals surface area contributed by atoms with E-state index >= 15 is 0 Å². The van der Waals surface area contributed by atoms with E-state index in [-0.39, 0.29) is 6.04 Å². The number of hydrogen-bond donors (Lipinski definition) is 1. The molecule has 0 spiro atoms. The molecule has 1 atom stereocenters. The standard InChI is InChI=1S/C11H16N4O/c1-3-16-8-9(2)14-11-10-4-5-13-15(10)7-6-12-11/h4-7,9H,3,8H2,1-2H3,(H,12,14). The van der Waals surface area contributed by atoms with Gasteiger partial charge in [-0.2, -0.15) is 5.10 Å². The molecule has 5 heteroatoms. The number of nitrogens with zero attached hydrogens (tertiary/aromatic N) is 3. The molecular formula is C11H16N4O. The maximum atomic E-state index is 5.35. The number of aromatic nitrogens is 3. The second kappa shape index (κ2) is 4.94. The summed E-state index contributed by atoms with van der Waals surface area (Å²) in [5.41, 5.74) is 0.978. The Balaban J connectivity index is 2.11. The Bertz CT molecular complexity index is 454. The van der Waals surface area contributed by atoms with E-state index in [1.165, 1.54) is 0 Å². The van der Waals surface area contributed by atoms with Gasteiger partial charge in [-0.05, 0) is 19.9 Å². The summed E-state index contributed by atoms with van der Waals surface area (Å²) in [5, 5.41) is 7.46. The van der Waals surface area contributed by atoms with Crippen molar-refractivity contribution in [3.63, 3.8) is 0 Å². The van der Waals surface area contributed by atoms with Crippen LogP contribution in [0.2, 0.25) is 0 Å². The summed E-state index contributed by atoms with van der Waals surface area (Å²) in [6.07, 6.45) is 5.32. The minimum atomic E-state index is 0.230. The summed E-state index contributed by atoms with van der Waals surface area (Å²) in [5.74, 6) is 0.840. The van der Waals surface area contributed by atoms with Gasteiger partial charge in [0.05, 0.1) is 12.8 Å². The second-order valence-electron chi connectivity index (χ2n) is 3.64. The van der Waals surface area contributed by atoms with Crippen molar-refractivity contribution >= 4 is 11.3 Å². The second-order valence-corrected chi connectivity index (χ2v) is 3.64. The third-order valence-corrected chi connectivity index (χ3v) is 2.28. The van der Waals surface area contributed by atoms with Crippen LogP contribution in [0.4, 0.5) is 5.82 Å². The van der Waals surface area contributed by atoms with E-state index in [4.69, 9.17) is 4.74 Å². The van der Waals surface area contributed by atoms with Gasteiger partial charge >= 0.3 is 0 Å². The predicted octanol–water partition coefficient (Wildman–Crippen LogP) is 1.57. The monoisotopic (exact) mass is 220 g/mol. The quantitative estimate of drug-likeness (QED) is 0.831. The number of ether oxygens (including phenoxy) is 1. The molecule has 0 aliphatic rings. The average Bonchev–Trinajstić information content (AvgIpc) is 2.75. The van der Waals surface area contributed by atoms with Crippen molar-refractivity contribution in [1.29, 1.82) is 0 Å². The Morgan fingerprint density at radius 1 is 1.50 bits per heavy atom. The van der Waals surface area contributed by atoms with Crippen LogP contribution < -0.4 is 5.32 Å². The van der Waals surface area contributed by atoms with Gasteiger partial charge in [-0.3, -0.25) is 0 Å². The zero-order valence-corrected chi connectivity index (χ0v) is 9.55. The molecule has 0 aliphatic heterocycles. The van der Waals surface area contributed by atoms with Gasteiger partial charge in [0.25, 0.3) is 0 Å². The summed E-state index contributed by atoms with van der Waals surface area (Å²) < 4.78 is 7.14. The summed E-state index contributed by atoms with van der Waals surface area (Å²) in [4.78, 5) is 4.30. The van der Waals surface area contributed by atoms with Crippen LogP contribution in [0.15, 0.2) is 24.7 Å². The predicted molar refractivity (Wildman–Crippen MR) is 62.6 cm³/mol. The van der Waals surface area contributed by atoms with Crippen molar-refractivity contribution in [2.24, 2.45) is 0 Å². The van der Waals surface area contributed by atoms with E-state index in [2.05, 4.69) is 22.3 Å². The highest BCUT2D eigenvalue weighted by molar-refractivity contribution is 5.66. The van der Waals surface area contributed by atoms with Crippen molar-refractivity contribution in [3.05, 3.63) is 24.7 Å². The van der Waals surface area contributed by atoms with Gasteiger partial charge in [-0.15, -0.1) is 0 Å². The Hall–Kier alpha value is -1.62. The highest BCUT2D eigenvalue weighted by Crippen LogP contribution is 2.13. The van der Waals surface area contributed by atoms with Gasteiger partial charge in [-0.1, -0.05) is 0 Å². The summed E-state index contributed by atoms with van der Waals surface area (Å²) >= 11 is 0. The molecule has 0 saturated heterocycles.